The molecule has 104 valence electrons. The van der Waals surface area contributed by atoms with Gasteiger partial charge in [-0.1, -0.05) is 6.92 Å². The Balaban J connectivity index is 1.97. The number of hydrogen-bond donors (Lipinski definition) is 1. The van der Waals surface area contributed by atoms with Crippen LogP contribution in [0, 0.1) is 5.92 Å². The predicted octanol–water partition coefficient (Wildman–Crippen LogP) is 2.16. The maximum absolute atomic E-state index is 5.77. The molecule has 0 saturated carbocycles. The molecule has 0 radical (unpaired) electrons. The fraction of sp³-hybridized carbons (Fsp3) is 0.438. The summed E-state index contributed by atoms with van der Waals surface area (Å²) in [4.78, 5) is 13.5. The molecule has 0 spiro atoms. The quantitative estimate of drug-likeness (QED) is 0.926. The number of nitrogens with two attached hydrogens (primary N) is 1. The summed E-state index contributed by atoms with van der Waals surface area (Å²) in [6, 6.07) is 2.01. The van der Waals surface area contributed by atoms with Gasteiger partial charge in [0.15, 0.2) is 5.82 Å². The normalized spacial score (nSPS) is 17.8. The van der Waals surface area contributed by atoms with E-state index in [-0.39, 0.29) is 0 Å². The molecule has 3 rings (SSSR count). The van der Waals surface area contributed by atoms with E-state index in [0.29, 0.717) is 5.92 Å². The molecule has 1 unspecified atom stereocenters. The average Bonchev–Trinajstić information content (AvgIpc) is 2.53. The van der Waals surface area contributed by atoms with Crippen LogP contribution in [0.3, 0.4) is 0 Å². The van der Waals surface area contributed by atoms with Crippen molar-refractivity contribution >= 4 is 0 Å². The van der Waals surface area contributed by atoms with Gasteiger partial charge in [-0.25, -0.2) is 9.97 Å². The number of aryl methyl sites for hydroxylation is 2. The summed E-state index contributed by atoms with van der Waals surface area (Å²) in [5.74, 6) is 1.42. The number of rotatable bonds is 3. The second-order valence-electron chi connectivity index (χ2n) is 5.40. The Morgan fingerprint density at radius 1 is 1.35 bits per heavy atom. The highest BCUT2D eigenvalue weighted by Crippen LogP contribution is 2.26. The Morgan fingerprint density at radius 3 is 3.05 bits per heavy atom. The molecule has 0 aromatic carbocycles. The summed E-state index contributed by atoms with van der Waals surface area (Å²) >= 11 is 0. The molecule has 2 aromatic heterocycles. The smallest absolute Gasteiger partial charge is 0.159 e. The first-order valence-electron chi connectivity index (χ1n) is 7.30. The van der Waals surface area contributed by atoms with Crippen molar-refractivity contribution in [3.05, 3.63) is 41.5 Å². The molecule has 0 fully saturated rings. The van der Waals surface area contributed by atoms with Crippen LogP contribution in [-0.2, 0) is 19.3 Å². The summed E-state index contributed by atoms with van der Waals surface area (Å²) in [5.41, 5.74) is 10.5. The molecular weight excluding hydrogens is 248 g/mol. The first kappa shape index (κ1) is 13.2. The van der Waals surface area contributed by atoms with Crippen molar-refractivity contribution in [2.24, 2.45) is 11.7 Å². The Labute approximate surface area is 119 Å². The fourth-order valence-electron chi connectivity index (χ4n) is 2.84. The van der Waals surface area contributed by atoms with Gasteiger partial charge in [-0.15, -0.1) is 0 Å². The van der Waals surface area contributed by atoms with Crippen molar-refractivity contribution in [2.45, 2.75) is 32.6 Å². The Morgan fingerprint density at radius 2 is 2.25 bits per heavy atom. The number of pyridine rings is 1. The second kappa shape index (κ2) is 5.67. The van der Waals surface area contributed by atoms with E-state index >= 15 is 0 Å². The standard InChI is InChI=1S/C16H20N4/c1-2-12-9-18-6-5-14(12)16-19-10-13-7-11(8-17)3-4-15(13)20-16/h5-6,9-11H,2-4,7-8,17H2,1H3. The van der Waals surface area contributed by atoms with Crippen LogP contribution in [0.5, 0.6) is 0 Å². The Kier molecular flexibility index (Phi) is 3.74. The van der Waals surface area contributed by atoms with Crippen LogP contribution in [0.1, 0.15) is 30.2 Å². The van der Waals surface area contributed by atoms with Gasteiger partial charge in [-0.05, 0) is 55.3 Å². The number of fused-ring (bicyclic) bond motifs is 1. The molecule has 2 heterocycles. The van der Waals surface area contributed by atoms with Crippen molar-refractivity contribution in [1.82, 2.24) is 15.0 Å². The van der Waals surface area contributed by atoms with Crippen LogP contribution < -0.4 is 5.73 Å². The highest BCUT2D eigenvalue weighted by Gasteiger charge is 2.20. The van der Waals surface area contributed by atoms with Crippen molar-refractivity contribution < 1.29 is 0 Å². The van der Waals surface area contributed by atoms with Gasteiger partial charge in [-0.2, -0.15) is 0 Å². The molecule has 0 aliphatic heterocycles. The van der Waals surface area contributed by atoms with Crippen molar-refractivity contribution in [3.8, 4) is 11.4 Å². The van der Waals surface area contributed by atoms with Crippen LogP contribution in [0.4, 0.5) is 0 Å². The minimum atomic E-state index is 0.587. The van der Waals surface area contributed by atoms with Gasteiger partial charge in [0.1, 0.15) is 0 Å². The number of nitrogens with zero attached hydrogens (tertiary/aromatic N) is 3. The van der Waals surface area contributed by atoms with E-state index in [2.05, 4.69) is 16.9 Å². The third kappa shape index (κ3) is 2.43. The fourth-order valence-corrected chi connectivity index (χ4v) is 2.84. The van der Waals surface area contributed by atoms with Gasteiger partial charge in [0.25, 0.3) is 0 Å². The maximum Gasteiger partial charge on any atom is 0.159 e. The van der Waals surface area contributed by atoms with Crippen molar-refractivity contribution in [2.75, 3.05) is 6.54 Å². The lowest BCUT2D eigenvalue weighted by Gasteiger charge is -2.22. The highest BCUT2D eigenvalue weighted by molar-refractivity contribution is 5.59. The highest BCUT2D eigenvalue weighted by atomic mass is 14.9. The van der Waals surface area contributed by atoms with Gasteiger partial charge in [0, 0.05) is 29.8 Å². The minimum absolute atomic E-state index is 0.587. The van der Waals surface area contributed by atoms with Crippen LogP contribution >= 0.6 is 0 Å². The molecule has 2 N–H and O–H groups in total. The van der Waals surface area contributed by atoms with E-state index in [4.69, 9.17) is 10.7 Å². The zero-order valence-corrected chi connectivity index (χ0v) is 11.8. The zero-order valence-electron chi connectivity index (χ0n) is 11.8. The van der Waals surface area contributed by atoms with Crippen LogP contribution in [-0.4, -0.2) is 21.5 Å². The lowest BCUT2D eigenvalue weighted by Crippen LogP contribution is -2.23. The lowest BCUT2D eigenvalue weighted by molar-refractivity contribution is 0.462. The zero-order chi connectivity index (χ0) is 13.9. The first-order chi connectivity index (χ1) is 9.81. The molecular formula is C16H20N4. The Bertz CT molecular complexity index is 609. The predicted molar refractivity (Wildman–Crippen MR) is 79.2 cm³/mol. The van der Waals surface area contributed by atoms with E-state index in [1.165, 1.54) is 16.8 Å². The molecule has 0 bridgehead atoms. The Hall–Kier alpha value is -1.81. The van der Waals surface area contributed by atoms with Crippen LogP contribution in [0.15, 0.2) is 24.7 Å². The van der Waals surface area contributed by atoms with Crippen molar-refractivity contribution in [3.63, 3.8) is 0 Å². The summed E-state index contributed by atoms with van der Waals surface area (Å²) in [7, 11) is 0. The number of aromatic nitrogens is 3. The molecule has 1 atom stereocenters. The topological polar surface area (TPSA) is 64.7 Å². The summed E-state index contributed by atoms with van der Waals surface area (Å²) in [6.45, 7) is 2.89. The average molecular weight is 268 g/mol. The van der Waals surface area contributed by atoms with Crippen LogP contribution in [0.25, 0.3) is 11.4 Å². The third-order valence-electron chi connectivity index (χ3n) is 4.11. The molecule has 20 heavy (non-hydrogen) atoms. The molecule has 0 saturated heterocycles. The van der Waals surface area contributed by atoms with E-state index in [9.17, 15) is 0 Å². The minimum Gasteiger partial charge on any atom is -0.330 e. The SMILES string of the molecule is CCc1cnccc1-c1ncc2c(n1)CCC(CN)C2. The van der Waals surface area contributed by atoms with Gasteiger partial charge in [-0.3, -0.25) is 4.98 Å². The van der Waals surface area contributed by atoms with E-state index < -0.39 is 0 Å². The number of hydrogen-bond acceptors (Lipinski definition) is 4. The lowest BCUT2D eigenvalue weighted by atomic mass is 9.87. The van der Waals surface area contributed by atoms with E-state index in [1.54, 1.807) is 0 Å². The molecule has 1 aliphatic rings. The molecule has 0 amide bonds. The molecule has 1 aliphatic carbocycles. The van der Waals surface area contributed by atoms with Gasteiger partial charge in [0.05, 0.1) is 0 Å². The van der Waals surface area contributed by atoms with Gasteiger partial charge < -0.3 is 5.73 Å². The summed E-state index contributed by atoms with van der Waals surface area (Å²) in [5, 5.41) is 0. The van der Waals surface area contributed by atoms with Gasteiger partial charge >= 0.3 is 0 Å². The van der Waals surface area contributed by atoms with Crippen LogP contribution in [0.2, 0.25) is 0 Å². The molecule has 2 aromatic rings. The second-order valence-corrected chi connectivity index (χ2v) is 5.40. The van der Waals surface area contributed by atoms with Gasteiger partial charge in [0.2, 0.25) is 0 Å². The summed E-state index contributed by atoms with van der Waals surface area (Å²) in [6.07, 6.45) is 9.81. The molecule has 4 heteroatoms. The first-order valence-corrected chi connectivity index (χ1v) is 7.30. The largest absolute Gasteiger partial charge is 0.330 e. The van der Waals surface area contributed by atoms with E-state index in [1.807, 2.05) is 24.7 Å². The summed E-state index contributed by atoms with van der Waals surface area (Å²) < 4.78 is 0. The molecule has 4 nitrogen and oxygen atoms in total. The maximum atomic E-state index is 5.77. The van der Waals surface area contributed by atoms with Crippen molar-refractivity contribution in [1.29, 1.82) is 0 Å². The third-order valence-corrected chi connectivity index (χ3v) is 4.11. The van der Waals surface area contributed by atoms with E-state index in [0.717, 1.165) is 43.6 Å². The monoisotopic (exact) mass is 268 g/mol.